The van der Waals surface area contributed by atoms with Gasteiger partial charge in [-0.1, -0.05) is 54.2 Å². The Labute approximate surface area is 170 Å². The van der Waals surface area contributed by atoms with Crippen LogP contribution >= 0.6 is 11.8 Å². The number of anilines is 1. The highest BCUT2D eigenvalue weighted by Crippen LogP contribution is 2.45. The van der Waals surface area contributed by atoms with Crippen LogP contribution < -0.4 is 4.90 Å². The molecule has 0 aliphatic carbocycles. The Bertz CT molecular complexity index is 877. The highest BCUT2D eigenvalue weighted by atomic mass is 32.2. The summed E-state index contributed by atoms with van der Waals surface area (Å²) in [5.74, 6) is 0.409. The molecule has 0 bridgehead atoms. The molecule has 1 atom stereocenters. The molecule has 2 aliphatic heterocycles. The lowest BCUT2D eigenvalue weighted by atomic mass is 9.89. The van der Waals surface area contributed by atoms with E-state index in [1.54, 1.807) is 18.9 Å². The van der Waals surface area contributed by atoms with E-state index in [2.05, 4.69) is 24.3 Å². The summed E-state index contributed by atoms with van der Waals surface area (Å²) in [7, 11) is 1.76. The van der Waals surface area contributed by atoms with E-state index in [-0.39, 0.29) is 11.8 Å². The van der Waals surface area contributed by atoms with Crippen LogP contribution in [0.1, 0.15) is 25.3 Å². The Morgan fingerprint density at radius 2 is 1.71 bits per heavy atom. The number of hydrogen-bond acceptors (Lipinski definition) is 3. The zero-order valence-corrected chi connectivity index (χ0v) is 17.2. The molecule has 2 amide bonds. The standard InChI is InChI=1S/C23H26N2O2S/c1-23(21(26)24(2)19-10-6-7-11-20(19)28-23)22(27)25-14-12-18(13-15-25)16-17-8-4-3-5-9-17/h3-11,18H,12-16H2,1-2H3. The molecule has 5 heteroatoms. The lowest BCUT2D eigenvalue weighted by molar-refractivity contribution is -0.139. The number of benzene rings is 2. The maximum absolute atomic E-state index is 13.4. The number of amides is 2. The minimum atomic E-state index is -1.09. The van der Waals surface area contributed by atoms with E-state index >= 15 is 0 Å². The van der Waals surface area contributed by atoms with Crippen LogP contribution in [0.5, 0.6) is 0 Å². The van der Waals surface area contributed by atoms with Crippen LogP contribution in [0, 0.1) is 5.92 Å². The van der Waals surface area contributed by atoms with Crippen molar-refractivity contribution in [3.05, 3.63) is 60.2 Å². The molecule has 0 aromatic heterocycles. The second kappa shape index (κ2) is 7.63. The van der Waals surface area contributed by atoms with Gasteiger partial charge in [0, 0.05) is 25.0 Å². The second-order valence-electron chi connectivity index (χ2n) is 7.89. The molecule has 146 valence electrons. The van der Waals surface area contributed by atoms with E-state index in [4.69, 9.17) is 0 Å². The second-order valence-corrected chi connectivity index (χ2v) is 9.35. The molecule has 2 aromatic rings. The van der Waals surface area contributed by atoms with Crippen molar-refractivity contribution in [1.29, 1.82) is 0 Å². The molecular weight excluding hydrogens is 368 g/mol. The number of carbonyl (C=O) groups excluding carboxylic acids is 2. The Balaban J connectivity index is 1.44. The fourth-order valence-corrected chi connectivity index (χ4v) is 5.57. The zero-order chi connectivity index (χ0) is 19.7. The summed E-state index contributed by atoms with van der Waals surface area (Å²) in [6.45, 7) is 3.24. The maximum atomic E-state index is 13.4. The Kier molecular flexibility index (Phi) is 5.19. The summed E-state index contributed by atoms with van der Waals surface area (Å²) in [4.78, 5) is 30.9. The average molecular weight is 395 g/mol. The van der Waals surface area contributed by atoms with E-state index in [1.165, 1.54) is 17.3 Å². The summed E-state index contributed by atoms with van der Waals surface area (Å²) in [6, 6.07) is 18.3. The number of rotatable bonds is 3. The van der Waals surface area contributed by atoms with Gasteiger partial charge in [0.05, 0.1) is 5.69 Å². The number of para-hydroxylation sites is 1. The van der Waals surface area contributed by atoms with Gasteiger partial charge in [0.25, 0.3) is 5.91 Å². The first-order valence-electron chi connectivity index (χ1n) is 9.88. The van der Waals surface area contributed by atoms with Gasteiger partial charge >= 0.3 is 0 Å². The third kappa shape index (κ3) is 3.44. The van der Waals surface area contributed by atoms with Crippen molar-refractivity contribution in [3.8, 4) is 0 Å². The number of fused-ring (bicyclic) bond motifs is 1. The molecule has 4 rings (SSSR count). The molecule has 0 radical (unpaired) electrons. The molecule has 0 spiro atoms. The molecule has 4 nitrogen and oxygen atoms in total. The maximum Gasteiger partial charge on any atom is 0.252 e. The molecular formula is C23H26N2O2S. The Hall–Kier alpha value is -2.27. The first kappa shape index (κ1) is 19.1. The minimum Gasteiger partial charge on any atom is -0.341 e. The summed E-state index contributed by atoms with van der Waals surface area (Å²) >= 11 is 1.39. The number of carbonyl (C=O) groups is 2. The molecule has 28 heavy (non-hydrogen) atoms. The lowest BCUT2D eigenvalue weighted by Crippen LogP contribution is -2.57. The number of piperidine rings is 1. The van der Waals surface area contributed by atoms with Crippen LogP contribution in [-0.2, 0) is 16.0 Å². The summed E-state index contributed by atoms with van der Waals surface area (Å²) in [5.41, 5.74) is 2.24. The van der Waals surface area contributed by atoms with Gasteiger partial charge in [-0.15, -0.1) is 0 Å². The molecule has 1 fully saturated rings. The fourth-order valence-electron chi connectivity index (χ4n) is 4.24. The van der Waals surface area contributed by atoms with Crippen LogP contribution in [0.25, 0.3) is 0 Å². The van der Waals surface area contributed by atoms with Gasteiger partial charge < -0.3 is 9.80 Å². The van der Waals surface area contributed by atoms with Crippen molar-refractivity contribution in [2.45, 2.75) is 35.8 Å². The Morgan fingerprint density at radius 3 is 2.43 bits per heavy atom. The van der Waals surface area contributed by atoms with Crippen molar-refractivity contribution >= 4 is 29.3 Å². The van der Waals surface area contributed by atoms with Gasteiger partial charge in [0.15, 0.2) is 4.75 Å². The SMILES string of the molecule is CN1C(=O)C(C)(C(=O)N2CCC(Cc3ccccc3)CC2)Sc2ccccc21. The van der Waals surface area contributed by atoms with E-state index in [0.29, 0.717) is 5.92 Å². The van der Waals surface area contributed by atoms with E-state index in [9.17, 15) is 9.59 Å². The van der Waals surface area contributed by atoms with Crippen molar-refractivity contribution in [1.82, 2.24) is 4.90 Å². The molecule has 1 saturated heterocycles. The summed E-state index contributed by atoms with van der Waals surface area (Å²) in [6.07, 6.45) is 3.04. The largest absolute Gasteiger partial charge is 0.341 e. The molecule has 2 aliphatic rings. The average Bonchev–Trinajstić information content (AvgIpc) is 2.73. The predicted octanol–water partition coefficient (Wildman–Crippen LogP) is 4.00. The van der Waals surface area contributed by atoms with E-state index in [1.807, 2.05) is 35.2 Å². The van der Waals surface area contributed by atoms with E-state index < -0.39 is 4.75 Å². The number of nitrogens with zero attached hydrogens (tertiary/aromatic N) is 2. The van der Waals surface area contributed by atoms with Crippen LogP contribution in [0.15, 0.2) is 59.5 Å². The van der Waals surface area contributed by atoms with Gasteiger partial charge in [-0.05, 0) is 49.8 Å². The van der Waals surface area contributed by atoms with Crippen molar-refractivity contribution in [3.63, 3.8) is 0 Å². The lowest BCUT2D eigenvalue weighted by Gasteiger charge is -2.41. The summed E-state index contributed by atoms with van der Waals surface area (Å²) in [5, 5.41) is 0. The molecule has 2 aromatic carbocycles. The first-order chi connectivity index (χ1) is 13.5. The quantitative estimate of drug-likeness (QED) is 0.739. The van der Waals surface area contributed by atoms with Gasteiger partial charge in [0.1, 0.15) is 0 Å². The smallest absolute Gasteiger partial charge is 0.252 e. The van der Waals surface area contributed by atoms with Crippen LogP contribution in [-0.4, -0.2) is 41.6 Å². The molecule has 1 unspecified atom stereocenters. The van der Waals surface area contributed by atoms with Crippen molar-refractivity contribution in [2.75, 3.05) is 25.0 Å². The third-order valence-electron chi connectivity index (χ3n) is 5.93. The first-order valence-corrected chi connectivity index (χ1v) is 10.7. The fraction of sp³-hybridized carbons (Fsp3) is 0.391. The molecule has 0 N–H and O–H groups in total. The highest BCUT2D eigenvalue weighted by Gasteiger charge is 2.50. The highest BCUT2D eigenvalue weighted by molar-refractivity contribution is 8.02. The van der Waals surface area contributed by atoms with Gasteiger partial charge in [0.2, 0.25) is 5.91 Å². The third-order valence-corrected chi connectivity index (χ3v) is 7.25. The number of likely N-dealkylation sites (tertiary alicyclic amines) is 1. The van der Waals surface area contributed by atoms with Gasteiger partial charge in [-0.2, -0.15) is 0 Å². The Morgan fingerprint density at radius 1 is 1.07 bits per heavy atom. The predicted molar refractivity (Wildman–Crippen MR) is 114 cm³/mol. The number of hydrogen-bond donors (Lipinski definition) is 0. The van der Waals surface area contributed by atoms with Crippen LogP contribution in [0.3, 0.4) is 0 Å². The van der Waals surface area contributed by atoms with Gasteiger partial charge in [-0.25, -0.2) is 0 Å². The molecule has 2 heterocycles. The molecule has 0 saturated carbocycles. The normalized spacial score (nSPS) is 22.9. The van der Waals surface area contributed by atoms with Crippen molar-refractivity contribution in [2.24, 2.45) is 5.92 Å². The minimum absolute atomic E-state index is 0.0537. The number of thioether (sulfide) groups is 1. The summed E-state index contributed by atoms with van der Waals surface area (Å²) < 4.78 is -1.09. The monoisotopic (exact) mass is 394 g/mol. The zero-order valence-electron chi connectivity index (χ0n) is 16.4. The van der Waals surface area contributed by atoms with Crippen LogP contribution in [0.4, 0.5) is 5.69 Å². The topological polar surface area (TPSA) is 40.6 Å². The van der Waals surface area contributed by atoms with Crippen LogP contribution in [0.2, 0.25) is 0 Å². The van der Waals surface area contributed by atoms with Gasteiger partial charge in [-0.3, -0.25) is 9.59 Å². The van der Waals surface area contributed by atoms with Crippen molar-refractivity contribution < 1.29 is 9.59 Å². The van der Waals surface area contributed by atoms with E-state index in [0.717, 1.165) is 42.9 Å².